The highest BCUT2D eigenvalue weighted by molar-refractivity contribution is 5.56. The predicted octanol–water partition coefficient (Wildman–Crippen LogP) is -2.07. The molecule has 0 aromatic carbocycles. The molecular weight excluding hydrogens is 182 g/mol. The van der Waals surface area contributed by atoms with E-state index in [1.165, 1.54) is 0 Å². The molecule has 0 unspecified atom stereocenters. The van der Waals surface area contributed by atoms with E-state index in [0.717, 1.165) is 0 Å². The van der Waals surface area contributed by atoms with Crippen LogP contribution in [0, 0.1) is 10.1 Å². The van der Waals surface area contributed by atoms with E-state index < -0.39 is 36.2 Å². The molecule has 0 aliphatic rings. The lowest BCUT2D eigenvalue weighted by Crippen LogP contribution is -2.38. The van der Waals surface area contributed by atoms with Gasteiger partial charge in [0, 0.05) is 11.3 Å². The summed E-state index contributed by atoms with van der Waals surface area (Å²) in [6.45, 7) is -0.643. The molecule has 7 heteroatoms. The average Bonchev–Trinajstić information content (AvgIpc) is 2.11. The van der Waals surface area contributed by atoms with E-state index in [4.69, 9.17) is 15.3 Å². The van der Waals surface area contributed by atoms with Crippen molar-refractivity contribution < 1.29 is 25.0 Å². The first-order valence-electron chi connectivity index (χ1n) is 3.58. The molecule has 0 aromatic heterocycles. The molecule has 0 rings (SSSR count). The molecule has 0 heterocycles. The summed E-state index contributed by atoms with van der Waals surface area (Å²) in [5.74, 6) is 0. The minimum Gasteiger partial charge on any atom is -0.394 e. The van der Waals surface area contributed by atoms with Gasteiger partial charge in [0.05, 0.1) is 12.7 Å². The van der Waals surface area contributed by atoms with Gasteiger partial charge in [0.2, 0.25) is 6.04 Å². The van der Waals surface area contributed by atoms with Crippen LogP contribution in [0.2, 0.25) is 0 Å². The molecule has 0 bridgehead atoms. The van der Waals surface area contributed by atoms with Crippen LogP contribution in [-0.4, -0.2) is 51.4 Å². The van der Waals surface area contributed by atoms with Crippen molar-refractivity contribution in [2.45, 2.75) is 24.7 Å². The Hall–Kier alpha value is -1.05. The van der Waals surface area contributed by atoms with Crippen molar-refractivity contribution in [3.8, 4) is 0 Å². The molecule has 0 aliphatic carbocycles. The monoisotopic (exact) mass is 193 g/mol. The minimum absolute atomic E-state index is 0.0254. The van der Waals surface area contributed by atoms with E-state index in [0.29, 0.717) is 0 Å². The van der Waals surface area contributed by atoms with Gasteiger partial charge in [-0.25, -0.2) is 0 Å². The number of aliphatic hydroxyl groups is 3. The van der Waals surface area contributed by atoms with E-state index in [1.54, 1.807) is 0 Å². The van der Waals surface area contributed by atoms with Crippen LogP contribution in [0.3, 0.4) is 0 Å². The molecule has 3 N–H and O–H groups in total. The van der Waals surface area contributed by atoms with Gasteiger partial charge < -0.3 is 20.1 Å². The second kappa shape index (κ2) is 5.57. The van der Waals surface area contributed by atoms with Gasteiger partial charge in [-0.15, -0.1) is 0 Å². The van der Waals surface area contributed by atoms with Crippen molar-refractivity contribution >= 4 is 6.29 Å². The first kappa shape index (κ1) is 11.9. The molecule has 0 amide bonds. The Morgan fingerprint density at radius 3 is 2.31 bits per heavy atom. The normalized spacial score (nSPS) is 17.5. The molecule has 0 aromatic rings. The fourth-order valence-corrected chi connectivity index (χ4v) is 0.794. The highest BCUT2D eigenvalue weighted by Crippen LogP contribution is 2.05. The summed E-state index contributed by atoms with van der Waals surface area (Å²) < 4.78 is 0. The molecule has 0 aliphatic heterocycles. The number of aliphatic hydroxyl groups excluding tert-OH is 3. The molecule has 0 spiro atoms. The number of hydrogen-bond acceptors (Lipinski definition) is 6. The maximum absolute atomic E-state index is 10.2. The quantitative estimate of drug-likeness (QED) is 0.253. The van der Waals surface area contributed by atoms with Crippen molar-refractivity contribution in [3.63, 3.8) is 0 Å². The summed E-state index contributed by atoms with van der Waals surface area (Å²) >= 11 is 0. The summed E-state index contributed by atoms with van der Waals surface area (Å²) in [7, 11) is 0. The fourth-order valence-electron chi connectivity index (χ4n) is 0.794. The highest BCUT2D eigenvalue weighted by Gasteiger charge is 2.31. The number of hydrogen-bond donors (Lipinski definition) is 3. The molecule has 76 valence electrons. The topological polar surface area (TPSA) is 121 Å². The second-order valence-electron chi connectivity index (χ2n) is 2.55. The van der Waals surface area contributed by atoms with Gasteiger partial charge in [-0.05, 0) is 0 Å². The van der Waals surface area contributed by atoms with Crippen LogP contribution in [-0.2, 0) is 4.79 Å². The molecule has 0 saturated carbocycles. The molecule has 0 radical (unpaired) electrons. The number of carbonyl (C=O) groups excluding carboxylic acids is 1. The van der Waals surface area contributed by atoms with Gasteiger partial charge in [-0.2, -0.15) is 0 Å². The highest BCUT2D eigenvalue weighted by atomic mass is 16.6. The van der Waals surface area contributed by atoms with Crippen LogP contribution in [0.5, 0.6) is 0 Å². The minimum atomic E-state index is -1.75. The summed E-state index contributed by atoms with van der Waals surface area (Å²) in [6.07, 6.45) is -3.48. The lowest BCUT2D eigenvalue weighted by Gasteiger charge is -2.13. The van der Waals surface area contributed by atoms with Gasteiger partial charge in [-0.1, -0.05) is 0 Å². The van der Waals surface area contributed by atoms with Gasteiger partial charge >= 0.3 is 0 Å². The summed E-state index contributed by atoms with van der Waals surface area (Å²) in [6, 6.07) is -1.57. The SMILES string of the molecule is O=C[C@H](O)[C@H](C[C@H](O)CO)[N+](=O)[O-]. The van der Waals surface area contributed by atoms with Crippen LogP contribution < -0.4 is 0 Å². The smallest absolute Gasteiger partial charge is 0.247 e. The number of nitrogens with zero attached hydrogens (tertiary/aromatic N) is 1. The largest absolute Gasteiger partial charge is 0.394 e. The number of rotatable bonds is 6. The Balaban J connectivity index is 4.25. The van der Waals surface area contributed by atoms with E-state index in [-0.39, 0.29) is 6.29 Å². The summed E-state index contributed by atoms with van der Waals surface area (Å²) in [5, 5.41) is 36.3. The second-order valence-corrected chi connectivity index (χ2v) is 2.55. The zero-order chi connectivity index (χ0) is 10.4. The van der Waals surface area contributed by atoms with E-state index in [1.807, 2.05) is 0 Å². The summed E-state index contributed by atoms with van der Waals surface area (Å²) in [5.41, 5.74) is 0. The van der Waals surface area contributed by atoms with Crippen LogP contribution in [0.1, 0.15) is 6.42 Å². The number of nitro groups is 1. The molecule has 7 nitrogen and oxygen atoms in total. The molecule has 0 saturated heterocycles. The molecule has 3 atom stereocenters. The molecule has 0 fully saturated rings. The van der Waals surface area contributed by atoms with Crippen LogP contribution in [0.15, 0.2) is 0 Å². The molecule has 13 heavy (non-hydrogen) atoms. The maximum Gasteiger partial charge on any atom is 0.247 e. The van der Waals surface area contributed by atoms with Gasteiger partial charge in [0.25, 0.3) is 0 Å². The third-order valence-corrected chi connectivity index (χ3v) is 1.53. The van der Waals surface area contributed by atoms with E-state index in [2.05, 4.69) is 0 Å². The van der Waals surface area contributed by atoms with Crippen molar-refractivity contribution in [3.05, 3.63) is 10.1 Å². The van der Waals surface area contributed by atoms with Crippen molar-refractivity contribution in [1.82, 2.24) is 0 Å². The zero-order valence-corrected chi connectivity index (χ0v) is 6.74. The Kier molecular flexibility index (Phi) is 5.12. The first-order valence-corrected chi connectivity index (χ1v) is 3.58. The maximum atomic E-state index is 10.2. The standard InChI is InChI=1S/C6H11NO6/c8-2-4(10)1-5(7(12)13)6(11)3-9/h3-6,8,10-11H,1-2H2/t4-,5-,6-/m0/s1. The van der Waals surface area contributed by atoms with Gasteiger partial charge in [0.15, 0.2) is 12.4 Å². The third-order valence-electron chi connectivity index (χ3n) is 1.53. The Morgan fingerprint density at radius 1 is 1.46 bits per heavy atom. The van der Waals surface area contributed by atoms with E-state index in [9.17, 15) is 14.9 Å². The van der Waals surface area contributed by atoms with Gasteiger partial charge in [-0.3, -0.25) is 10.1 Å². The third kappa shape index (κ3) is 3.92. The average molecular weight is 193 g/mol. The Labute approximate surface area is 73.8 Å². The lowest BCUT2D eigenvalue weighted by atomic mass is 10.1. The molecular formula is C6H11NO6. The Bertz CT molecular complexity index is 184. The lowest BCUT2D eigenvalue weighted by molar-refractivity contribution is -0.533. The van der Waals surface area contributed by atoms with Crippen LogP contribution >= 0.6 is 0 Å². The van der Waals surface area contributed by atoms with Crippen molar-refractivity contribution in [1.29, 1.82) is 0 Å². The summed E-state index contributed by atoms with van der Waals surface area (Å²) in [4.78, 5) is 19.4. The van der Waals surface area contributed by atoms with E-state index >= 15 is 0 Å². The van der Waals surface area contributed by atoms with Crippen molar-refractivity contribution in [2.24, 2.45) is 0 Å². The predicted molar refractivity (Wildman–Crippen MR) is 40.6 cm³/mol. The van der Waals surface area contributed by atoms with Crippen LogP contribution in [0.25, 0.3) is 0 Å². The number of carbonyl (C=O) groups is 1. The number of aldehydes is 1. The van der Waals surface area contributed by atoms with Crippen LogP contribution in [0.4, 0.5) is 0 Å². The van der Waals surface area contributed by atoms with Gasteiger partial charge in [0.1, 0.15) is 0 Å². The first-order chi connectivity index (χ1) is 6.02. The fraction of sp³-hybridized carbons (Fsp3) is 0.833. The van der Waals surface area contributed by atoms with Crippen molar-refractivity contribution in [2.75, 3.05) is 6.61 Å². The zero-order valence-electron chi connectivity index (χ0n) is 6.74. The Morgan fingerprint density at radius 2 is 2.00 bits per heavy atom.